The Bertz CT molecular complexity index is 936. The van der Waals surface area contributed by atoms with Crippen LogP contribution in [0.15, 0.2) is 47.5 Å². The molecular weight excluding hydrogens is 517 g/mol. The lowest BCUT2D eigenvalue weighted by molar-refractivity contribution is 0.171. The number of methoxy groups -OCH3 is 2. The number of aliphatic imine (C=N–C) groups is 1. The van der Waals surface area contributed by atoms with Gasteiger partial charge in [0.2, 0.25) is 0 Å². The molecule has 3 rings (SSSR count). The fraction of sp³-hybridized carbons (Fsp3) is 0.417. The number of halogens is 1. The van der Waals surface area contributed by atoms with E-state index in [0.29, 0.717) is 12.1 Å². The van der Waals surface area contributed by atoms with Crippen LogP contribution in [-0.4, -0.2) is 62.7 Å². The highest BCUT2D eigenvalue weighted by atomic mass is 127. The SMILES string of the molecule is CCNC(=NCc1cccc(C#N)c1)N1CCN(Cc2cc(OC)ccc2OC)CC1.I. The second-order valence-corrected chi connectivity index (χ2v) is 7.42. The summed E-state index contributed by atoms with van der Waals surface area (Å²) in [6.45, 7) is 7.95. The van der Waals surface area contributed by atoms with Gasteiger partial charge in [0, 0.05) is 44.8 Å². The van der Waals surface area contributed by atoms with Crippen LogP contribution in [0.3, 0.4) is 0 Å². The number of ether oxygens (including phenoxy) is 2. The Balaban J connectivity index is 0.00000363. The molecule has 0 atom stereocenters. The molecule has 0 spiro atoms. The first kappa shape index (κ1) is 25.7. The molecule has 1 fully saturated rings. The predicted molar refractivity (Wildman–Crippen MR) is 138 cm³/mol. The average Bonchev–Trinajstić information content (AvgIpc) is 2.82. The van der Waals surface area contributed by atoms with Crippen LogP contribution >= 0.6 is 24.0 Å². The van der Waals surface area contributed by atoms with E-state index in [0.717, 1.165) is 67.9 Å². The van der Waals surface area contributed by atoms with Crippen molar-refractivity contribution >= 4 is 29.9 Å². The van der Waals surface area contributed by atoms with Crippen LogP contribution in [0.2, 0.25) is 0 Å². The average molecular weight is 549 g/mol. The van der Waals surface area contributed by atoms with E-state index in [1.165, 1.54) is 0 Å². The molecule has 2 aromatic carbocycles. The first-order chi connectivity index (χ1) is 15.2. The molecule has 172 valence electrons. The Labute approximate surface area is 208 Å². The van der Waals surface area contributed by atoms with Gasteiger partial charge in [0.1, 0.15) is 11.5 Å². The summed E-state index contributed by atoms with van der Waals surface area (Å²) in [5, 5.41) is 12.5. The van der Waals surface area contributed by atoms with Crippen molar-refractivity contribution in [3.63, 3.8) is 0 Å². The van der Waals surface area contributed by atoms with Crippen molar-refractivity contribution in [2.45, 2.75) is 20.0 Å². The predicted octanol–water partition coefficient (Wildman–Crippen LogP) is 3.48. The Morgan fingerprint density at radius 2 is 1.88 bits per heavy atom. The molecule has 8 heteroatoms. The zero-order valence-electron chi connectivity index (χ0n) is 19.0. The molecule has 32 heavy (non-hydrogen) atoms. The van der Waals surface area contributed by atoms with Crippen LogP contribution in [0, 0.1) is 11.3 Å². The fourth-order valence-corrected chi connectivity index (χ4v) is 3.70. The number of nitrogens with one attached hydrogen (secondary N) is 1. The molecule has 0 radical (unpaired) electrons. The molecule has 0 aliphatic carbocycles. The van der Waals surface area contributed by atoms with Crippen molar-refractivity contribution in [2.75, 3.05) is 46.9 Å². The monoisotopic (exact) mass is 549 g/mol. The fourth-order valence-electron chi connectivity index (χ4n) is 3.70. The summed E-state index contributed by atoms with van der Waals surface area (Å²) in [7, 11) is 3.39. The van der Waals surface area contributed by atoms with Crippen molar-refractivity contribution in [3.8, 4) is 17.6 Å². The van der Waals surface area contributed by atoms with Gasteiger partial charge in [0.05, 0.1) is 32.4 Å². The molecule has 0 unspecified atom stereocenters. The van der Waals surface area contributed by atoms with E-state index in [9.17, 15) is 0 Å². The van der Waals surface area contributed by atoms with Crippen LogP contribution in [0.5, 0.6) is 11.5 Å². The molecule has 1 heterocycles. The van der Waals surface area contributed by atoms with Gasteiger partial charge < -0.3 is 19.7 Å². The zero-order valence-corrected chi connectivity index (χ0v) is 21.3. The smallest absolute Gasteiger partial charge is 0.194 e. The number of nitriles is 1. The topological polar surface area (TPSA) is 73.1 Å². The second-order valence-electron chi connectivity index (χ2n) is 7.42. The quantitative estimate of drug-likeness (QED) is 0.324. The molecule has 1 N–H and O–H groups in total. The van der Waals surface area contributed by atoms with Gasteiger partial charge in [-0.25, -0.2) is 4.99 Å². The lowest BCUT2D eigenvalue weighted by Crippen LogP contribution is -2.52. The molecule has 0 amide bonds. The van der Waals surface area contributed by atoms with E-state index in [4.69, 9.17) is 19.7 Å². The van der Waals surface area contributed by atoms with E-state index in [2.05, 4.69) is 28.1 Å². The molecule has 0 aromatic heterocycles. The molecule has 0 saturated carbocycles. The van der Waals surface area contributed by atoms with Crippen molar-refractivity contribution in [1.29, 1.82) is 5.26 Å². The molecule has 7 nitrogen and oxygen atoms in total. The number of rotatable bonds is 7. The Hall–Kier alpha value is -2.51. The van der Waals surface area contributed by atoms with Crippen LogP contribution in [0.4, 0.5) is 0 Å². The Kier molecular flexibility index (Phi) is 10.6. The Morgan fingerprint density at radius 3 is 2.53 bits per heavy atom. The van der Waals surface area contributed by atoms with E-state index in [1.54, 1.807) is 14.2 Å². The van der Waals surface area contributed by atoms with Gasteiger partial charge in [-0.05, 0) is 42.8 Å². The van der Waals surface area contributed by atoms with Crippen molar-refractivity contribution in [3.05, 3.63) is 59.2 Å². The summed E-state index contributed by atoms with van der Waals surface area (Å²) in [4.78, 5) is 9.54. The van der Waals surface area contributed by atoms with Crippen LogP contribution < -0.4 is 14.8 Å². The van der Waals surface area contributed by atoms with Gasteiger partial charge in [0.15, 0.2) is 5.96 Å². The Morgan fingerprint density at radius 1 is 1.09 bits per heavy atom. The number of hydrogen-bond donors (Lipinski definition) is 1. The number of guanidine groups is 1. The second kappa shape index (κ2) is 13.1. The third-order valence-electron chi connectivity index (χ3n) is 5.36. The van der Waals surface area contributed by atoms with E-state index in [-0.39, 0.29) is 24.0 Å². The van der Waals surface area contributed by atoms with Crippen molar-refractivity contribution in [1.82, 2.24) is 15.1 Å². The standard InChI is InChI=1S/C24H31N5O2.HI/c1-4-26-24(27-17-20-7-5-6-19(14-20)16-25)29-12-10-28(11-13-29)18-21-15-22(30-2)8-9-23(21)31-3;/h5-9,14-15H,4,10-13,17-18H2,1-3H3,(H,26,27);1H. The lowest BCUT2D eigenvalue weighted by Gasteiger charge is -2.36. The highest BCUT2D eigenvalue weighted by Crippen LogP contribution is 2.25. The summed E-state index contributed by atoms with van der Waals surface area (Å²) in [6, 6.07) is 15.7. The van der Waals surface area contributed by atoms with Gasteiger partial charge >= 0.3 is 0 Å². The van der Waals surface area contributed by atoms with Gasteiger partial charge in [-0.15, -0.1) is 24.0 Å². The van der Waals surface area contributed by atoms with Gasteiger partial charge in [-0.2, -0.15) is 5.26 Å². The minimum Gasteiger partial charge on any atom is -0.497 e. The highest BCUT2D eigenvalue weighted by molar-refractivity contribution is 14.0. The number of benzene rings is 2. The first-order valence-electron chi connectivity index (χ1n) is 10.6. The van der Waals surface area contributed by atoms with Gasteiger partial charge in [-0.1, -0.05) is 12.1 Å². The highest BCUT2D eigenvalue weighted by Gasteiger charge is 2.21. The maximum Gasteiger partial charge on any atom is 0.194 e. The maximum atomic E-state index is 9.09. The van der Waals surface area contributed by atoms with Crippen LogP contribution in [-0.2, 0) is 13.1 Å². The van der Waals surface area contributed by atoms with E-state index in [1.807, 2.05) is 42.5 Å². The summed E-state index contributed by atoms with van der Waals surface area (Å²) in [6.07, 6.45) is 0. The number of nitrogens with zero attached hydrogens (tertiary/aromatic N) is 4. The molecular formula is C24H32IN5O2. The summed E-state index contributed by atoms with van der Waals surface area (Å²) in [5.41, 5.74) is 2.84. The summed E-state index contributed by atoms with van der Waals surface area (Å²) in [5.74, 6) is 2.65. The van der Waals surface area contributed by atoms with Gasteiger partial charge in [0.25, 0.3) is 0 Å². The summed E-state index contributed by atoms with van der Waals surface area (Å²) >= 11 is 0. The molecule has 1 saturated heterocycles. The minimum atomic E-state index is 0. The zero-order chi connectivity index (χ0) is 22.1. The maximum absolute atomic E-state index is 9.09. The van der Waals surface area contributed by atoms with Crippen molar-refractivity contribution in [2.24, 2.45) is 4.99 Å². The third-order valence-corrected chi connectivity index (χ3v) is 5.36. The molecule has 2 aromatic rings. The number of hydrogen-bond acceptors (Lipinski definition) is 5. The summed E-state index contributed by atoms with van der Waals surface area (Å²) < 4.78 is 10.9. The van der Waals surface area contributed by atoms with Crippen LogP contribution in [0.1, 0.15) is 23.6 Å². The largest absolute Gasteiger partial charge is 0.497 e. The first-order valence-corrected chi connectivity index (χ1v) is 10.6. The molecule has 1 aliphatic rings. The van der Waals surface area contributed by atoms with E-state index >= 15 is 0 Å². The van der Waals surface area contributed by atoms with E-state index < -0.39 is 0 Å². The van der Waals surface area contributed by atoms with Gasteiger partial charge in [-0.3, -0.25) is 4.90 Å². The van der Waals surface area contributed by atoms with Crippen molar-refractivity contribution < 1.29 is 9.47 Å². The normalized spacial score (nSPS) is 14.3. The molecule has 1 aliphatic heterocycles. The minimum absolute atomic E-state index is 0. The third kappa shape index (κ3) is 7.00. The molecule has 0 bridgehead atoms. The van der Waals surface area contributed by atoms with Crippen LogP contribution in [0.25, 0.3) is 0 Å². The number of piperazine rings is 1. The lowest BCUT2D eigenvalue weighted by atomic mass is 10.1.